The van der Waals surface area contributed by atoms with Gasteiger partial charge in [-0.25, -0.2) is 0 Å². The number of rotatable bonds is 5. The van der Waals surface area contributed by atoms with Gasteiger partial charge in [-0.2, -0.15) is 0 Å². The Bertz CT molecular complexity index is 236. The van der Waals surface area contributed by atoms with Crippen LogP contribution in [0.15, 0.2) is 0 Å². The summed E-state index contributed by atoms with van der Waals surface area (Å²) in [6, 6.07) is 0.819. The van der Waals surface area contributed by atoms with Gasteiger partial charge in [-0.1, -0.05) is 6.42 Å². The summed E-state index contributed by atoms with van der Waals surface area (Å²) in [5.41, 5.74) is 0. The lowest BCUT2D eigenvalue weighted by molar-refractivity contribution is 0.0198. The lowest BCUT2D eigenvalue weighted by Gasteiger charge is -2.28. The fourth-order valence-electron chi connectivity index (χ4n) is 3.08. The molecule has 0 bridgehead atoms. The summed E-state index contributed by atoms with van der Waals surface area (Å²) in [4.78, 5) is 2.60. The van der Waals surface area contributed by atoms with Crippen LogP contribution in [0.3, 0.4) is 0 Å². The fourth-order valence-corrected chi connectivity index (χ4v) is 3.08. The number of piperidine rings is 1. The van der Waals surface area contributed by atoms with Crippen LogP contribution < -0.4 is 5.32 Å². The number of hydrogen-bond acceptors (Lipinski definition) is 3. The molecule has 1 saturated carbocycles. The molecular weight excluding hydrogens is 212 g/mol. The number of likely N-dealkylation sites (tertiary alicyclic amines) is 1. The summed E-state index contributed by atoms with van der Waals surface area (Å²) >= 11 is 0. The van der Waals surface area contributed by atoms with E-state index in [0.29, 0.717) is 12.2 Å². The predicted molar refractivity (Wildman–Crippen MR) is 69.2 cm³/mol. The van der Waals surface area contributed by atoms with Crippen molar-refractivity contribution in [1.29, 1.82) is 0 Å². The first-order valence-corrected chi connectivity index (χ1v) is 7.51. The van der Waals surface area contributed by atoms with Crippen molar-refractivity contribution in [2.24, 2.45) is 0 Å². The molecule has 3 aliphatic rings. The lowest BCUT2D eigenvalue weighted by atomic mass is 10.1. The summed E-state index contributed by atoms with van der Waals surface area (Å²) in [5, 5.41) is 3.58. The Morgan fingerprint density at radius 3 is 2.47 bits per heavy atom. The maximum atomic E-state index is 6.14. The fraction of sp³-hybridized carbons (Fsp3) is 1.00. The van der Waals surface area contributed by atoms with Crippen molar-refractivity contribution in [2.45, 2.75) is 63.2 Å². The molecular formula is C14H26N2O. The van der Waals surface area contributed by atoms with E-state index in [1.54, 1.807) is 0 Å². The first-order valence-electron chi connectivity index (χ1n) is 7.51. The minimum Gasteiger partial charge on any atom is -0.372 e. The van der Waals surface area contributed by atoms with E-state index in [1.807, 2.05) is 0 Å². The van der Waals surface area contributed by atoms with Gasteiger partial charge in [0.25, 0.3) is 0 Å². The van der Waals surface area contributed by atoms with Crippen molar-refractivity contribution in [3.63, 3.8) is 0 Å². The second kappa shape index (κ2) is 5.68. The molecule has 3 fully saturated rings. The molecule has 0 aromatic rings. The highest BCUT2D eigenvalue weighted by Crippen LogP contribution is 2.23. The molecule has 0 spiro atoms. The van der Waals surface area contributed by atoms with Gasteiger partial charge in [-0.15, -0.1) is 0 Å². The molecule has 0 radical (unpaired) electrons. The zero-order valence-electron chi connectivity index (χ0n) is 10.9. The van der Waals surface area contributed by atoms with Crippen molar-refractivity contribution in [3.8, 4) is 0 Å². The van der Waals surface area contributed by atoms with Crippen LogP contribution in [0, 0.1) is 0 Å². The monoisotopic (exact) mass is 238 g/mol. The van der Waals surface area contributed by atoms with E-state index in [-0.39, 0.29) is 0 Å². The molecule has 2 atom stereocenters. The van der Waals surface area contributed by atoms with Crippen molar-refractivity contribution >= 4 is 0 Å². The van der Waals surface area contributed by atoms with Crippen LogP contribution in [0.25, 0.3) is 0 Å². The molecule has 0 aromatic heterocycles. The molecule has 1 aliphatic carbocycles. The first kappa shape index (κ1) is 11.9. The number of hydrogen-bond donors (Lipinski definition) is 1. The Morgan fingerprint density at radius 2 is 1.71 bits per heavy atom. The van der Waals surface area contributed by atoms with Crippen LogP contribution in [0.4, 0.5) is 0 Å². The third-order valence-electron chi connectivity index (χ3n) is 4.32. The van der Waals surface area contributed by atoms with Gasteiger partial charge in [0.05, 0.1) is 12.2 Å². The van der Waals surface area contributed by atoms with E-state index in [4.69, 9.17) is 4.74 Å². The normalized spacial score (nSPS) is 35.3. The zero-order chi connectivity index (χ0) is 11.5. The molecule has 0 aromatic carbocycles. The maximum Gasteiger partial charge on any atom is 0.0707 e. The van der Waals surface area contributed by atoms with E-state index in [1.165, 1.54) is 64.6 Å². The van der Waals surface area contributed by atoms with Gasteiger partial charge >= 0.3 is 0 Å². The van der Waals surface area contributed by atoms with Crippen LogP contribution in [0.5, 0.6) is 0 Å². The maximum absolute atomic E-state index is 6.14. The predicted octanol–water partition coefficient (Wildman–Crippen LogP) is 1.77. The molecule has 3 rings (SSSR count). The zero-order valence-corrected chi connectivity index (χ0v) is 10.9. The first-order chi connectivity index (χ1) is 8.40. The van der Waals surface area contributed by atoms with Crippen LogP contribution in [0.1, 0.15) is 44.9 Å². The van der Waals surface area contributed by atoms with Crippen LogP contribution >= 0.6 is 0 Å². The molecule has 2 unspecified atom stereocenters. The second-order valence-corrected chi connectivity index (χ2v) is 6.00. The molecule has 17 heavy (non-hydrogen) atoms. The van der Waals surface area contributed by atoms with Crippen molar-refractivity contribution < 1.29 is 4.74 Å². The van der Waals surface area contributed by atoms with E-state index in [2.05, 4.69) is 10.2 Å². The number of nitrogens with one attached hydrogen (secondary N) is 1. The minimum absolute atomic E-state index is 0.491. The highest BCUT2D eigenvalue weighted by atomic mass is 16.5. The molecule has 0 amide bonds. The van der Waals surface area contributed by atoms with Gasteiger partial charge in [0.15, 0.2) is 0 Å². The Labute approximate surface area is 105 Å². The molecule has 2 saturated heterocycles. The van der Waals surface area contributed by atoms with Gasteiger partial charge in [0.2, 0.25) is 0 Å². The van der Waals surface area contributed by atoms with E-state index >= 15 is 0 Å². The van der Waals surface area contributed by atoms with Gasteiger partial charge in [-0.3, -0.25) is 0 Å². The van der Waals surface area contributed by atoms with Crippen LogP contribution in [-0.2, 0) is 4.74 Å². The summed E-state index contributed by atoms with van der Waals surface area (Å²) in [7, 11) is 0. The van der Waals surface area contributed by atoms with E-state index in [9.17, 15) is 0 Å². The summed E-state index contributed by atoms with van der Waals surface area (Å²) < 4.78 is 6.14. The number of ether oxygens (including phenoxy) is 1. The smallest absolute Gasteiger partial charge is 0.0707 e. The lowest BCUT2D eigenvalue weighted by Crippen LogP contribution is -2.37. The average Bonchev–Trinajstić information content (AvgIpc) is 3.09. The summed E-state index contributed by atoms with van der Waals surface area (Å²) in [6.45, 7) is 4.86. The van der Waals surface area contributed by atoms with Crippen molar-refractivity contribution in [3.05, 3.63) is 0 Å². The van der Waals surface area contributed by atoms with Crippen molar-refractivity contribution in [1.82, 2.24) is 10.2 Å². The second-order valence-electron chi connectivity index (χ2n) is 6.00. The quantitative estimate of drug-likeness (QED) is 0.790. The van der Waals surface area contributed by atoms with E-state index < -0.39 is 0 Å². The van der Waals surface area contributed by atoms with Crippen LogP contribution in [0.2, 0.25) is 0 Å². The van der Waals surface area contributed by atoms with Gasteiger partial charge in [0.1, 0.15) is 0 Å². The topological polar surface area (TPSA) is 24.5 Å². The molecule has 2 aliphatic heterocycles. The molecule has 3 heteroatoms. The summed E-state index contributed by atoms with van der Waals surface area (Å²) in [5.74, 6) is 0. The third-order valence-corrected chi connectivity index (χ3v) is 4.32. The van der Waals surface area contributed by atoms with Gasteiger partial charge < -0.3 is 15.0 Å². The molecule has 3 nitrogen and oxygen atoms in total. The minimum atomic E-state index is 0.491. The average molecular weight is 238 g/mol. The van der Waals surface area contributed by atoms with Gasteiger partial charge in [0, 0.05) is 19.1 Å². The largest absolute Gasteiger partial charge is 0.372 e. The number of nitrogens with zero attached hydrogens (tertiary/aromatic N) is 1. The third kappa shape index (κ3) is 3.67. The van der Waals surface area contributed by atoms with Crippen molar-refractivity contribution in [2.75, 3.05) is 26.2 Å². The highest BCUT2D eigenvalue weighted by molar-refractivity contribution is 4.84. The highest BCUT2D eigenvalue weighted by Gasteiger charge is 2.29. The standard InChI is InChI=1S/C14H26N2O/c1-2-8-16(9-3-1)11-14-7-6-13(17-14)10-15-12-4-5-12/h12-15H,1-11H2. The molecule has 1 N–H and O–H groups in total. The Hall–Kier alpha value is -0.120. The Kier molecular flexibility index (Phi) is 3.99. The molecule has 2 heterocycles. The Morgan fingerprint density at radius 1 is 0.941 bits per heavy atom. The van der Waals surface area contributed by atoms with Gasteiger partial charge in [-0.05, 0) is 51.6 Å². The van der Waals surface area contributed by atoms with Crippen LogP contribution in [-0.4, -0.2) is 49.3 Å². The van der Waals surface area contributed by atoms with E-state index in [0.717, 1.165) is 12.6 Å². The molecule has 98 valence electrons. The SMILES string of the molecule is C1CCN(CC2CCC(CNC3CC3)O2)CC1. The summed E-state index contributed by atoms with van der Waals surface area (Å²) in [6.07, 6.45) is 10.5. The Balaban J connectivity index is 1.34.